The summed E-state index contributed by atoms with van der Waals surface area (Å²) in [6.45, 7) is 6.00. The average molecular weight is 116 g/mol. The molecule has 1 aliphatic rings. The van der Waals surface area contributed by atoms with Gasteiger partial charge in [-0.3, -0.25) is 0 Å². The van der Waals surface area contributed by atoms with Crippen molar-refractivity contribution in [1.29, 1.82) is 0 Å². The van der Waals surface area contributed by atoms with E-state index in [1.807, 2.05) is 0 Å². The Morgan fingerprint density at radius 1 is 1.00 bits per heavy atom. The SMILES string of the molecule is C1CCSC1.C=C. The van der Waals surface area contributed by atoms with Crippen LogP contribution in [0.1, 0.15) is 12.8 Å². The van der Waals surface area contributed by atoms with Gasteiger partial charge in [-0.2, -0.15) is 11.8 Å². The quantitative estimate of drug-likeness (QED) is 0.438. The van der Waals surface area contributed by atoms with Crippen LogP contribution in [0.4, 0.5) is 0 Å². The number of thioether (sulfide) groups is 1. The van der Waals surface area contributed by atoms with E-state index in [1.165, 1.54) is 24.3 Å². The van der Waals surface area contributed by atoms with Gasteiger partial charge in [0.05, 0.1) is 0 Å². The molecule has 0 unspecified atom stereocenters. The molecule has 0 aromatic carbocycles. The van der Waals surface area contributed by atoms with Crippen molar-refractivity contribution in [2.24, 2.45) is 0 Å². The second-order valence-electron chi connectivity index (χ2n) is 1.32. The van der Waals surface area contributed by atoms with Crippen LogP contribution in [0.3, 0.4) is 0 Å². The Kier molecular flexibility index (Phi) is 6.17. The van der Waals surface area contributed by atoms with Crippen LogP contribution in [0.15, 0.2) is 13.2 Å². The smallest absolute Gasteiger partial charge is 0.00672 e. The summed E-state index contributed by atoms with van der Waals surface area (Å²) in [6, 6.07) is 0. The van der Waals surface area contributed by atoms with Gasteiger partial charge >= 0.3 is 0 Å². The Labute approximate surface area is 50.0 Å². The first-order valence-electron chi connectivity index (χ1n) is 2.58. The molecule has 0 spiro atoms. The Balaban J connectivity index is 0.000000162. The van der Waals surface area contributed by atoms with Gasteiger partial charge in [0, 0.05) is 0 Å². The van der Waals surface area contributed by atoms with E-state index < -0.39 is 0 Å². The fraction of sp³-hybridized carbons (Fsp3) is 0.667. The van der Waals surface area contributed by atoms with E-state index in [-0.39, 0.29) is 0 Å². The van der Waals surface area contributed by atoms with Crippen molar-refractivity contribution >= 4 is 11.8 Å². The van der Waals surface area contributed by atoms with Gasteiger partial charge in [0.15, 0.2) is 0 Å². The standard InChI is InChI=1S/C4H8S.C2H4/c1-2-4-5-3-1;1-2/h1-4H2;1-2H2. The Hall–Kier alpha value is 0.0900. The van der Waals surface area contributed by atoms with Crippen molar-refractivity contribution in [3.05, 3.63) is 13.2 Å². The largest absolute Gasteiger partial charge is 0.162 e. The fourth-order valence-corrected chi connectivity index (χ4v) is 1.53. The van der Waals surface area contributed by atoms with Crippen molar-refractivity contribution in [2.45, 2.75) is 12.8 Å². The van der Waals surface area contributed by atoms with E-state index in [2.05, 4.69) is 24.9 Å². The molecule has 0 bridgehead atoms. The second-order valence-corrected chi connectivity index (χ2v) is 2.54. The lowest BCUT2D eigenvalue weighted by atomic mass is 10.4. The van der Waals surface area contributed by atoms with Gasteiger partial charge < -0.3 is 0 Å². The summed E-state index contributed by atoms with van der Waals surface area (Å²) in [4.78, 5) is 0. The minimum absolute atomic E-state index is 1.42. The predicted molar refractivity (Wildman–Crippen MR) is 37.8 cm³/mol. The third-order valence-corrected chi connectivity index (χ3v) is 1.98. The summed E-state index contributed by atoms with van der Waals surface area (Å²) >= 11 is 2.07. The molecular formula is C6H12S. The summed E-state index contributed by atoms with van der Waals surface area (Å²) in [6.07, 6.45) is 2.93. The maximum atomic E-state index is 3.00. The monoisotopic (exact) mass is 116 g/mol. The zero-order valence-electron chi connectivity index (χ0n) is 4.65. The summed E-state index contributed by atoms with van der Waals surface area (Å²) in [5.74, 6) is 2.83. The lowest BCUT2D eigenvalue weighted by Gasteiger charge is -1.69. The van der Waals surface area contributed by atoms with E-state index >= 15 is 0 Å². The summed E-state index contributed by atoms with van der Waals surface area (Å²) < 4.78 is 0. The van der Waals surface area contributed by atoms with Crippen LogP contribution in [-0.2, 0) is 0 Å². The number of rotatable bonds is 0. The Morgan fingerprint density at radius 3 is 1.57 bits per heavy atom. The molecule has 1 heteroatoms. The van der Waals surface area contributed by atoms with Gasteiger partial charge in [0.2, 0.25) is 0 Å². The molecule has 7 heavy (non-hydrogen) atoms. The van der Waals surface area contributed by atoms with Crippen molar-refractivity contribution in [1.82, 2.24) is 0 Å². The molecule has 1 heterocycles. The Bertz CT molecular complexity index is 23.6. The van der Waals surface area contributed by atoms with Crippen LogP contribution in [0.2, 0.25) is 0 Å². The predicted octanol–water partition coefficient (Wildman–Crippen LogP) is 2.32. The summed E-state index contributed by atoms with van der Waals surface area (Å²) in [7, 11) is 0. The molecule has 0 aliphatic carbocycles. The molecule has 42 valence electrons. The molecule has 0 N–H and O–H groups in total. The molecule has 1 saturated heterocycles. The molecule has 1 aliphatic heterocycles. The average Bonchev–Trinajstić information content (AvgIpc) is 2.23. The molecule has 1 rings (SSSR count). The van der Waals surface area contributed by atoms with Gasteiger partial charge in [0.25, 0.3) is 0 Å². The molecule has 0 atom stereocenters. The van der Waals surface area contributed by atoms with Crippen LogP contribution >= 0.6 is 11.8 Å². The topological polar surface area (TPSA) is 0 Å². The molecule has 0 aromatic rings. The van der Waals surface area contributed by atoms with Crippen molar-refractivity contribution in [2.75, 3.05) is 11.5 Å². The minimum Gasteiger partial charge on any atom is -0.162 e. The molecule has 0 radical (unpaired) electrons. The van der Waals surface area contributed by atoms with Crippen molar-refractivity contribution in [3.8, 4) is 0 Å². The molecule has 0 nitrogen and oxygen atoms in total. The van der Waals surface area contributed by atoms with Crippen molar-refractivity contribution < 1.29 is 0 Å². The van der Waals surface area contributed by atoms with E-state index in [9.17, 15) is 0 Å². The first-order valence-corrected chi connectivity index (χ1v) is 3.73. The van der Waals surface area contributed by atoms with Crippen LogP contribution < -0.4 is 0 Å². The van der Waals surface area contributed by atoms with Crippen LogP contribution in [0.25, 0.3) is 0 Å². The number of hydrogen-bond donors (Lipinski definition) is 0. The van der Waals surface area contributed by atoms with E-state index in [1.54, 1.807) is 0 Å². The molecule has 0 amide bonds. The highest BCUT2D eigenvalue weighted by molar-refractivity contribution is 7.99. The van der Waals surface area contributed by atoms with Crippen molar-refractivity contribution in [3.63, 3.8) is 0 Å². The highest BCUT2D eigenvalue weighted by atomic mass is 32.2. The maximum Gasteiger partial charge on any atom is -0.00672 e. The first kappa shape index (κ1) is 7.09. The zero-order chi connectivity index (χ0) is 5.54. The van der Waals surface area contributed by atoms with E-state index in [4.69, 9.17) is 0 Å². The minimum atomic E-state index is 1.42. The number of hydrogen-bond acceptors (Lipinski definition) is 1. The zero-order valence-corrected chi connectivity index (χ0v) is 5.47. The molecule has 0 aromatic heterocycles. The van der Waals surface area contributed by atoms with E-state index in [0.29, 0.717) is 0 Å². The van der Waals surface area contributed by atoms with Gasteiger partial charge in [-0.15, -0.1) is 13.2 Å². The molecule has 0 saturated carbocycles. The van der Waals surface area contributed by atoms with Gasteiger partial charge in [-0.05, 0) is 24.3 Å². The van der Waals surface area contributed by atoms with Crippen LogP contribution in [0.5, 0.6) is 0 Å². The first-order chi connectivity index (χ1) is 3.50. The normalized spacial score (nSPS) is 17.7. The molecule has 1 fully saturated rings. The third-order valence-electron chi connectivity index (χ3n) is 0.827. The highest BCUT2D eigenvalue weighted by Gasteiger charge is 1.95. The lowest BCUT2D eigenvalue weighted by molar-refractivity contribution is 0.949. The summed E-state index contributed by atoms with van der Waals surface area (Å²) in [5, 5.41) is 0. The molecular weight excluding hydrogens is 104 g/mol. The van der Waals surface area contributed by atoms with Gasteiger partial charge in [-0.25, -0.2) is 0 Å². The summed E-state index contributed by atoms with van der Waals surface area (Å²) in [5.41, 5.74) is 0. The lowest BCUT2D eigenvalue weighted by Crippen LogP contribution is -1.58. The maximum absolute atomic E-state index is 3.00. The second kappa shape index (κ2) is 6.09. The third kappa shape index (κ3) is 3.93. The Morgan fingerprint density at radius 2 is 1.43 bits per heavy atom. The van der Waals surface area contributed by atoms with Crippen LogP contribution in [-0.4, -0.2) is 11.5 Å². The van der Waals surface area contributed by atoms with E-state index in [0.717, 1.165) is 0 Å². The van der Waals surface area contributed by atoms with Crippen LogP contribution in [0, 0.1) is 0 Å². The highest BCUT2D eigenvalue weighted by Crippen LogP contribution is 2.14. The van der Waals surface area contributed by atoms with Gasteiger partial charge in [0.1, 0.15) is 0 Å². The van der Waals surface area contributed by atoms with Gasteiger partial charge in [-0.1, -0.05) is 0 Å². The fourth-order valence-electron chi connectivity index (χ4n) is 0.510.